The monoisotopic (exact) mass is 321 g/mol. The van der Waals surface area contributed by atoms with Crippen LogP contribution in [0, 0.1) is 0 Å². The summed E-state index contributed by atoms with van der Waals surface area (Å²) in [7, 11) is 0. The highest BCUT2D eigenvalue weighted by Crippen LogP contribution is 2.39. The molecule has 1 aromatic heterocycles. The van der Waals surface area contributed by atoms with Gasteiger partial charge in [0.1, 0.15) is 0 Å². The van der Waals surface area contributed by atoms with Gasteiger partial charge < -0.3 is 5.11 Å². The van der Waals surface area contributed by atoms with Crippen LogP contribution >= 0.6 is 23.2 Å². The van der Waals surface area contributed by atoms with Crippen molar-refractivity contribution in [1.82, 2.24) is 4.98 Å². The van der Waals surface area contributed by atoms with Gasteiger partial charge in [0.2, 0.25) is 0 Å². The van der Waals surface area contributed by atoms with Crippen LogP contribution in [0.5, 0.6) is 0 Å². The molecule has 21 heavy (non-hydrogen) atoms. The first-order chi connectivity index (χ1) is 9.99. The third-order valence-electron chi connectivity index (χ3n) is 3.34. The Bertz CT molecular complexity index is 628. The summed E-state index contributed by atoms with van der Waals surface area (Å²) in [5.41, 5.74) is 2.60. The molecule has 0 aliphatic rings. The normalized spacial score (nSPS) is 13.7. The predicted octanol–water partition coefficient (Wildman–Crippen LogP) is 5.17. The van der Waals surface area contributed by atoms with Crippen LogP contribution in [0.25, 0.3) is 0 Å². The van der Waals surface area contributed by atoms with Gasteiger partial charge in [0, 0.05) is 28.4 Å². The summed E-state index contributed by atoms with van der Waals surface area (Å²) in [6.45, 7) is 5.89. The van der Waals surface area contributed by atoms with E-state index in [2.05, 4.69) is 11.6 Å². The van der Waals surface area contributed by atoms with Crippen molar-refractivity contribution in [2.24, 2.45) is 0 Å². The van der Waals surface area contributed by atoms with E-state index in [0.717, 1.165) is 16.7 Å². The number of benzene rings is 1. The molecular formula is C17H17Cl2NO. The van der Waals surface area contributed by atoms with Crippen molar-refractivity contribution in [2.75, 3.05) is 0 Å². The molecule has 0 aliphatic carbocycles. The van der Waals surface area contributed by atoms with Crippen LogP contribution < -0.4 is 0 Å². The van der Waals surface area contributed by atoms with Gasteiger partial charge in [-0.05, 0) is 42.7 Å². The maximum atomic E-state index is 10.7. The first kappa shape index (κ1) is 16.0. The van der Waals surface area contributed by atoms with Crippen LogP contribution in [0.1, 0.15) is 36.5 Å². The Balaban J connectivity index is 2.40. The van der Waals surface area contributed by atoms with Crippen molar-refractivity contribution in [3.05, 3.63) is 76.0 Å². The molecule has 1 aromatic carbocycles. The fourth-order valence-corrected chi connectivity index (χ4v) is 2.90. The number of aromatic nitrogens is 1. The molecule has 2 aromatic rings. The van der Waals surface area contributed by atoms with Crippen molar-refractivity contribution >= 4 is 23.2 Å². The van der Waals surface area contributed by atoms with Gasteiger partial charge in [-0.15, -0.1) is 6.58 Å². The summed E-state index contributed by atoms with van der Waals surface area (Å²) in [5, 5.41) is 11.8. The maximum Gasteiger partial charge on any atom is 0.0876 e. The second-order valence-electron chi connectivity index (χ2n) is 5.16. The zero-order valence-electron chi connectivity index (χ0n) is 11.8. The molecule has 4 heteroatoms. The fraction of sp³-hybridized carbons (Fsp3) is 0.235. The van der Waals surface area contributed by atoms with Gasteiger partial charge in [-0.1, -0.05) is 40.9 Å². The minimum atomic E-state index is -0.700. The molecule has 0 saturated heterocycles. The number of pyridine rings is 1. The number of hydrogen-bond acceptors (Lipinski definition) is 2. The Morgan fingerprint density at radius 2 is 2.10 bits per heavy atom. The van der Waals surface area contributed by atoms with E-state index in [4.69, 9.17) is 23.2 Å². The number of aliphatic hydroxyl groups excluding tert-OH is 1. The Hall–Kier alpha value is -1.35. The molecule has 2 unspecified atom stereocenters. The van der Waals surface area contributed by atoms with E-state index in [9.17, 15) is 5.11 Å². The third-order valence-corrected chi connectivity index (χ3v) is 3.90. The van der Waals surface area contributed by atoms with Gasteiger partial charge >= 0.3 is 0 Å². The number of nitrogens with zero attached hydrogens (tertiary/aromatic N) is 1. The average molecular weight is 322 g/mol. The number of allylic oxidation sites excluding steroid dienone is 1. The van der Waals surface area contributed by atoms with E-state index in [-0.39, 0.29) is 5.92 Å². The maximum absolute atomic E-state index is 10.7. The summed E-state index contributed by atoms with van der Waals surface area (Å²) in [6.07, 6.45) is 3.28. The summed E-state index contributed by atoms with van der Waals surface area (Å²) >= 11 is 12.2. The summed E-state index contributed by atoms with van der Waals surface area (Å²) in [6, 6.07) is 8.99. The molecule has 1 heterocycles. The third kappa shape index (κ3) is 4.07. The van der Waals surface area contributed by atoms with Crippen LogP contribution in [0.2, 0.25) is 10.0 Å². The molecule has 0 aliphatic heterocycles. The molecule has 110 valence electrons. The van der Waals surface area contributed by atoms with Gasteiger partial charge in [-0.2, -0.15) is 0 Å². The van der Waals surface area contributed by atoms with Crippen LogP contribution in [-0.4, -0.2) is 10.1 Å². The van der Waals surface area contributed by atoms with Crippen molar-refractivity contribution in [3.63, 3.8) is 0 Å². The number of rotatable bonds is 5. The van der Waals surface area contributed by atoms with Crippen molar-refractivity contribution in [3.8, 4) is 0 Å². The van der Waals surface area contributed by atoms with Crippen LogP contribution in [0.3, 0.4) is 0 Å². The molecule has 0 bridgehead atoms. The average Bonchev–Trinajstić information content (AvgIpc) is 2.45. The Morgan fingerprint density at radius 3 is 2.67 bits per heavy atom. The largest absolute Gasteiger partial charge is 0.388 e. The van der Waals surface area contributed by atoms with Crippen LogP contribution in [0.15, 0.2) is 54.9 Å². The smallest absolute Gasteiger partial charge is 0.0876 e. The van der Waals surface area contributed by atoms with Gasteiger partial charge in [0.15, 0.2) is 0 Å². The van der Waals surface area contributed by atoms with Gasteiger partial charge in [-0.25, -0.2) is 0 Å². The van der Waals surface area contributed by atoms with Gasteiger partial charge in [0.25, 0.3) is 0 Å². The van der Waals surface area contributed by atoms with Gasteiger partial charge in [0.05, 0.1) is 6.10 Å². The quantitative estimate of drug-likeness (QED) is 0.770. The van der Waals surface area contributed by atoms with E-state index < -0.39 is 6.10 Å². The lowest BCUT2D eigenvalue weighted by Crippen LogP contribution is -2.12. The van der Waals surface area contributed by atoms with Crippen LogP contribution in [0.4, 0.5) is 0 Å². The first-order valence-corrected chi connectivity index (χ1v) is 7.42. The van der Waals surface area contributed by atoms with Crippen molar-refractivity contribution in [1.29, 1.82) is 0 Å². The molecule has 2 nitrogen and oxygen atoms in total. The Labute approximate surface area is 135 Å². The minimum absolute atomic E-state index is 0.184. The van der Waals surface area contributed by atoms with Crippen molar-refractivity contribution in [2.45, 2.75) is 25.4 Å². The van der Waals surface area contributed by atoms with Crippen molar-refractivity contribution < 1.29 is 5.11 Å². The van der Waals surface area contributed by atoms with E-state index in [1.54, 1.807) is 30.6 Å². The second kappa shape index (κ2) is 7.08. The number of aliphatic hydroxyl groups is 1. The second-order valence-corrected chi connectivity index (χ2v) is 6.01. The lowest BCUT2D eigenvalue weighted by molar-refractivity contribution is 0.144. The molecule has 0 radical (unpaired) electrons. The highest BCUT2D eigenvalue weighted by atomic mass is 35.5. The molecular weight excluding hydrogens is 305 g/mol. The number of hydrogen-bond donors (Lipinski definition) is 1. The SMILES string of the molecule is C=C(C)CC(c1ccc(Cl)cc1Cl)C(O)c1cccnc1. The zero-order valence-corrected chi connectivity index (χ0v) is 13.3. The van der Waals surface area contributed by atoms with E-state index >= 15 is 0 Å². The predicted molar refractivity (Wildman–Crippen MR) is 87.8 cm³/mol. The molecule has 0 amide bonds. The fourth-order valence-electron chi connectivity index (χ4n) is 2.35. The van der Waals surface area contributed by atoms with E-state index in [0.29, 0.717) is 16.5 Å². The number of halogens is 2. The minimum Gasteiger partial charge on any atom is -0.388 e. The lowest BCUT2D eigenvalue weighted by Gasteiger charge is -2.25. The van der Waals surface area contributed by atoms with E-state index in [1.807, 2.05) is 19.1 Å². The molecule has 0 saturated carbocycles. The Kier molecular flexibility index (Phi) is 5.40. The van der Waals surface area contributed by atoms with E-state index in [1.165, 1.54) is 0 Å². The molecule has 0 fully saturated rings. The highest BCUT2D eigenvalue weighted by Gasteiger charge is 2.25. The Morgan fingerprint density at radius 1 is 1.33 bits per heavy atom. The topological polar surface area (TPSA) is 33.1 Å². The molecule has 2 atom stereocenters. The van der Waals surface area contributed by atoms with Crippen LogP contribution in [-0.2, 0) is 0 Å². The van der Waals surface area contributed by atoms with Gasteiger partial charge in [-0.3, -0.25) is 4.98 Å². The molecule has 0 spiro atoms. The standard InChI is InChI=1S/C17H17Cl2NO/c1-11(2)8-15(14-6-5-13(18)9-16(14)19)17(21)12-4-3-7-20-10-12/h3-7,9-10,15,17,21H,1,8H2,2H3. The highest BCUT2D eigenvalue weighted by molar-refractivity contribution is 6.35. The lowest BCUT2D eigenvalue weighted by atomic mass is 9.85. The zero-order chi connectivity index (χ0) is 15.4. The summed E-state index contributed by atoms with van der Waals surface area (Å²) < 4.78 is 0. The molecule has 1 N–H and O–H groups in total. The molecule has 2 rings (SSSR count). The summed E-state index contributed by atoms with van der Waals surface area (Å²) in [4.78, 5) is 4.06. The summed E-state index contributed by atoms with van der Waals surface area (Å²) in [5.74, 6) is -0.184. The first-order valence-electron chi connectivity index (χ1n) is 6.66.